The molecule has 0 radical (unpaired) electrons. The maximum Gasteiger partial charge on any atom is 0.138 e. The number of anilines is 3. The van der Waals surface area contributed by atoms with Gasteiger partial charge in [0.15, 0.2) is 0 Å². The lowest BCUT2D eigenvalue weighted by molar-refractivity contribution is 0.0418. The number of piperazine rings is 3. The van der Waals surface area contributed by atoms with E-state index in [1.807, 2.05) is 126 Å². The Morgan fingerprint density at radius 3 is 1.09 bits per heavy atom. The van der Waals surface area contributed by atoms with Gasteiger partial charge in [0.05, 0.1) is 16.8 Å². The van der Waals surface area contributed by atoms with Gasteiger partial charge in [-0.15, -0.1) is 0 Å². The summed E-state index contributed by atoms with van der Waals surface area (Å²) in [5.41, 5.74) is 16.0. The summed E-state index contributed by atoms with van der Waals surface area (Å²) in [5.74, 6) is 1.05. The van der Waals surface area contributed by atoms with Crippen LogP contribution < -0.4 is 14.7 Å². The topological polar surface area (TPSA) is 157 Å². The molecule has 3 saturated heterocycles. The largest absolute Gasteiger partial charge is 0.385 e. The number of fused-ring (bicyclic) bond motifs is 5. The molecule has 736 valence electrons. The lowest BCUT2D eigenvalue weighted by atomic mass is 9.78. The van der Waals surface area contributed by atoms with E-state index in [-0.39, 0.29) is 0 Å². The Hall–Kier alpha value is -12.7. The Morgan fingerprint density at radius 1 is 0.322 bits per heavy atom. The summed E-state index contributed by atoms with van der Waals surface area (Å²) in [5, 5.41) is 63.3. The maximum absolute atomic E-state index is 12.9. The first kappa shape index (κ1) is 102. The molecule has 15 aromatic carbocycles. The van der Waals surface area contributed by atoms with Crippen LogP contribution in [0.4, 0.5) is 17.2 Å². The van der Waals surface area contributed by atoms with Gasteiger partial charge >= 0.3 is 0 Å². The molecule has 4 N–H and O–H groups in total. The van der Waals surface area contributed by atoms with Crippen molar-refractivity contribution in [2.75, 3.05) is 197 Å². The summed E-state index contributed by atoms with van der Waals surface area (Å²) in [6, 6.07) is 116. The van der Waals surface area contributed by atoms with Gasteiger partial charge in [-0.25, -0.2) is 14.6 Å². The zero-order valence-electron chi connectivity index (χ0n) is 85.2. The van der Waals surface area contributed by atoms with Gasteiger partial charge in [0.2, 0.25) is 0 Å². The molecular weight excluding hydrogens is 1830 g/mol. The van der Waals surface area contributed by atoms with Crippen molar-refractivity contribution < 1.29 is 20.4 Å². The molecular formula is C124H139BrN14O4. The monoisotopic (exact) mass is 1970 g/mol. The zero-order valence-corrected chi connectivity index (χ0v) is 86.8. The lowest BCUT2D eigenvalue weighted by Crippen LogP contribution is -2.45. The second-order valence-corrected chi connectivity index (χ2v) is 41.4. The highest BCUT2D eigenvalue weighted by molar-refractivity contribution is 9.10. The summed E-state index contributed by atoms with van der Waals surface area (Å²) in [7, 11) is 23.0. The summed E-state index contributed by atoms with van der Waals surface area (Å²) < 4.78 is 2.76. The van der Waals surface area contributed by atoms with Crippen LogP contribution in [0.1, 0.15) is 82.7 Å². The molecule has 3 fully saturated rings. The van der Waals surface area contributed by atoms with E-state index in [2.05, 4.69) is 367 Å². The fourth-order valence-corrected chi connectivity index (χ4v) is 21.1. The Balaban J connectivity index is 0.000000131. The molecule has 20 rings (SSSR count). The van der Waals surface area contributed by atoms with Crippen LogP contribution in [0.3, 0.4) is 0 Å². The molecule has 2 aromatic heterocycles. The van der Waals surface area contributed by atoms with Gasteiger partial charge in [0.1, 0.15) is 35.3 Å². The molecule has 3 aliphatic heterocycles. The molecule has 0 aliphatic carbocycles. The number of aromatic nitrogens is 4. The number of benzene rings is 15. The fourth-order valence-electron chi connectivity index (χ4n) is 20.7. The Morgan fingerprint density at radius 2 is 0.671 bits per heavy atom. The van der Waals surface area contributed by atoms with Crippen molar-refractivity contribution >= 4 is 87.1 Å². The van der Waals surface area contributed by atoms with E-state index < -0.39 is 22.4 Å². The average Bonchev–Trinajstić information content (AvgIpc) is 1.12. The normalized spacial score (nSPS) is 15.7. The third-order valence-electron chi connectivity index (χ3n) is 29.0. The smallest absolute Gasteiger partial charge is 0.138 e. The van der Waals surface area contributed by atoms with Crippen LogP contribution in [-0.2, 0) is 28.8 Å². The molecule has 4 atom stereocenters. The molecule has 0 amide bonds. The first-order valence-corrected chi connectivity index (χ1v) is 51.3. The first-order chi connectivity index (χ1) is 69.2. The van der Waals surface area contributed by atoms with Crippen LogP contribution in [0, 0.1) is 0 Å². The maximum atomic E-state index is 12.9. The number of rotatable bonds is 28. The molecule has 5 heterocycles. The summed E-state index contributed by atoms with van der Waals surface area (Å²) in [4.78, 5) is 32.5. The van der Waals surface area contributed by atoms with Crippen LogP contribution in [-0.4, -0.2) is 257 Å². The van der Waals surface area contributed by atoms with Gasteiger partial charge in [0, 0.05) is 155 Å². The third-order valence-corrected chi connectivity index (χ3v) is 29.5. The van der Waals surface area contributed by atoms with Crippen molar-refractivity contribution in [2.24, 2.45) is 0 Å². The quantitative estimate of drug-likeness (QED) is 0.0367. The van der Waals surface area contributed by atoms with Crippen LogP contribution in [0.2, 0.25) is 0 Å². The highest BCUT2D eigenvalue weighted by Crippen LogP contribution is 2.48. The third kappa shape index (κ3) is 23.7. The van der Waals surface area contributed by atoms with Crippen molar-refractivity contribution in [1.29, 1.82) is 0 Å². The van der Waals surface area contributed by atoms with E-state index in [0.29, 0.717) is 25.7 Å². The van der Waals surface area contributed by atoms with E-state index >= 15 is 0 Å². The second-order valence-electron chi connectivity index (χ2n) is 40.5. The van der Waals surface area contributed by atoms with Gasteiger partial charge in [-0.3, -0.25) is 0 Å². The van der Waals surface area contributed by atoms with Gasteiger partial charge in [-0.1, -0.05) is 295 Å². The molecule has 0 spiro atoms. The highest BCUT2D eigenvalue weighted by Gasteiger charge is 2.39. The van der Waals surface area contributed by atoms with E-state index in [1.165, 1.54) is 50.1 Å². The predicted molar refractivity (Wildman–Crippen MR) is 599 cm³/mol. The van der Waals surface area contributed by atoms with Crippen molar-refractivity contribution in [3.05, 3.63) is 401 Å². The van der Waals surface area contributed by atoms with E-state index in [1.54, 1.807) is 17.3 Å². The van der Waals surface area contributed by atoms with E-state index in [9.17, 15) is 20.4 Å². The van der Waals surface area contributed by atoms with Crippen molar-refractivity contribution in [3.63, 3.8) is 0 Å². The molecule has 19 heteroatoms. The lowest BCUT2D eigenvalue weighted by Gasteiger charge is -2.36. The molecule has 4 unspecified atom stereocenters. The minimum Gasteiger partial charge on any atom is -0.385 e. The van der Waals surface area contributed by atoms with Crippen molar-refractivity contribution in [2.45, 2.75) is 61.4 Å². The number of likely N-dealkylation sites (N-methyl/N-ethyl adjacent to an activating group) is 3. The molecule has 0 bridgehead atoms. The number of aliphatic hydroxyl groups is 4. The summed E-state index contributed by atoms with van der Waals surface area (Å²) in [6.07, 6.45) is 6.53. The van der Waals surface area contributed by atoms with Gasteiger partial charge in [-0.05, 0) is 269 Å². The predicted octanol–water partition coefficient (Wildman–Crippen LogP) is 21.8. The number of halogens is 1. The second kappa shape index (κ2) is 45.9. The summed E-state index contributed by atoms with van der Waals surface area (Å²) >= 11 is 3.68. The standard InChI is InChI=1S/C36H39N3O.C32H37N3O.C29H28N4O.C27H35BrN4O/c1-37(2)20-19-36(40,33-17-9-14-27-13-7-8-16-30(27)33)34-18-10-15-29-25-35(39-23-21-38(3)22-24-39)32(26-31(29)34)28-11-5-4-6-12-28;1-33(2)18-17-32(36,27-14-8-5-9-15-27)30-16-10-13-26-23-31(35-21-19-34(3)20-22-35)29(24-28(26)30)25-11-6-4-7-12-25;1-32(2)17-16-29(34,24-13-7-4-8-14-24)27-15-9-12-23-18-28(33-21-30-20-31-33)26(19-25(23)27)22-10-5-3-6-11-22;1-27(33,10-11-30(2)3)24-19-23(28)18-21-17-22(16-20-8-6-5-7-9-20)26(29-25(21)24)32-14-12-31(4)13-15-32/h4-18,25-26,40H,19-24H2,1-3H3;4-16,23-24,36H,17-22H2,1-3H3;3-15,18-21,34H,16-17H2,1-2H3;5-9,17-19,33H,10-16H2,1-4H3. The zero-order chi connectivity index (χ0) is 99.9. The van der Waals surface area contributed by atoms with Crippen LogP contribution in [0.5, 0.6) is 0 Å². The van der Waals surface area contributed by atoms with Gasteiger partial charge in [-0.2, -0.15) is 5.10 Å². The van der Waals surface area contributed by atoms with Crippen LogP contribution in [0.25, 0.3) is 93.1 Å². The van der Waals surface area contributed by atoms with Crippen molar-refractivity contribution in [1.82, 2.24) is 54.0 Å². The minimum absolute atomic E-state index is 0.578. The molecule has 3 aliphatic rings. The Labute approximate surface area is 854 Å². The summed E-state index contributed by atoms with van der Waals surface area (Å²) in [6.45, 7) is 17.2. The van der Waals surface area contributed by atoms with Crippen molar-refractivity contribution in [3.8, 4) is 39.1 Å². The number of hydrogen-bond acceptors (Lipinski definition) is 17. The first-order valence-electron chi connectivity index (χ1n) is 50.5. The van der Waals surface area contributed by atoms with Crippen LogP contribution >= 0.6 is 15.9 Å². The number of nitrogens with zero attached hydrogens (tertiary/aromatic N) is 14. The van der Waals surface area contributed by atoms with Crippen LogP contribution in [0.15, 0.2) is 351 Å². The Kier molecular flexibility index (Phi) is 32.7. The number of pyridine rings is 1. The Bertz CT molecular complexity index is 7080. The highest BCUT2D eigenvalue weighted by atomic mass is 79.9. The minimum atomic E-state index is -1.16. The van der Waals surface area contributed by atoms with E-state index in [0.717, 1.165) is 226 Å². The van der Waals surface area contributed by atoms with Gasteiger partial charge in [0.25, 0.3) is 0 Å². The molecule has 17 aromatic rings. The average molecular weight is 1970 g/mol. The fraction of sp³-hybridized carbons (Fsp3) is 0.298. The number of hydrogen-bond donors (Lipinski definition) is 4. The molecule has 18 nitrogen and oxygen atoms in total. The molecule has 143 heavy (non-hydrogen) atoms. The SMILES string of the molecule is CN(C)CCC(C)(O)c1cc(Br)cc2cc(Cc3ccccc3)c(N3CCN(C)CC3)nc12.CN(C)CCC(O)(c1cccc2ccccc12)c1cccc2cc(N3CCN(C)CC3)c(-c3ccccc3)cc12.CN(C)CCC(O)(c1ccccc1)c1cccc2cc(-n3cncn3)c(-c3ccccc3)cc12.CN(C)CCC(O)(c1ccccc1)c1cccc2cc(N3CCN(C)CC3)c(-c3ccccc3)cc12. The van der Waals surface area contributed by atoms with Gasteiger partial charge < -0.3 is 69.4 Å². The van der Waals surface area contributed by atoms with E-state index in [4.69, 9.17) is 4.98 Å². The molecule has 0 saturated carbocycles.